The van der Waals surface area contributed by atoms with E-state index < -0.39 is 17.8 Å². The van der Waals surface area contributed by atoms with Crippen molar-refractivity contribution in [3.63, 3.8) is 0 Å². The van der Waals surface area contributed by atoms with Crippen molar-refractivity contribution in [2.45, 2.75) is 40.0 Å². The second-order valence-electron chi connectivity index (χ2n) is 3.65. The molecule has 0 unspecified atom stereocenters. The predicted molar refractivity (Wildman–Crippen MR) is 69.9 cm³/mol. The molecular formula is C13H22N2O3. The second kappa shape index (κ2) is 8.44. The Bertz CT molecular complexity index is 326. The van der Waals surface area contributed by atoms with Crippen LogP contribution in [0.4, 0.5) is 4.79 Å². The number of hydrogen-bond acceptors (Lipinski definition) is 3. The summed E-state index contributed by atoms with van der Waals surface area (Å²) in [5, 5.41) is 0. The van der Waals surface area contributed by atoms with E-state index in [2.05, 4.69) is 6.58 Å². The molecule has 0 bridgehead atoms. The molecule has 1 rings (SSSR count). The fourth-order valence-corrected chi connectivity index (χ4v) is 1.52. The Balaban J connectivity index is 0.00000137. The Kier molecular flexibility index (Phi) is 7.67. The van der Waals surface area contributed by atoms with Gasteiger partial charge in [0.1, 0.15) is 6.42 Å². The largest absolute Gasteiger partial charge is 0.333 e. The Hall–Kier alpha value is -1.65. The lowest BCUT2D eigenvalue weighted by Crippen LogP contribution is -2.55. The van der Waals surface area contributed by atoms with Gasteiger partial charge in [-0.05, 0) is 6.42 Å². The van der Waals surface area contributed by atoms with Crippen LogP contribution in [-0.4, -0.2) is 40.7 Å². The van der Waals surface area contributed by atoms with Crippen molar-refractivity contribution in [2.24, 2.45) is 0 Å². The fraction of sp³-hybridized carbons (Fsp3) is 0.615. The highest BCUT2D eigenvalue weighted by Gasteiger charge is 2.36. The van der Waals surface area contributed by atoms with E-state index >= 15 is 0 Å². The Labute approximate surface area is 108 Å². The number of unbranched alkanes of at least 4 members (excludes halogenated alkanes) is 1. The summed E-state index contributed by atoms with van der Waals surface area (Å²) in [5.74, 6) is -0.841. The first-order valence-corrected chi connectivity index (χ1v) is 6.37. The molecule has 0 aliphatic carbocycles. The van der Waals surface area contributed by atoms with Crippen LogP contribution in [0.15, 0.2) is 12.7 Å². The third kappa shape index (κ3) is 3.98. The van der Waals surface area contributed by atoms with Gasteiger partial charge in [0.25, 0.3) is 0 Å². The van der Waals surface area contributed by atoms with Crippen molar-refractivity contribution in [3.8, 4) is 0 Å². The molecule has 0 spiro atoms. The minimum absolute atomic E-state index is 0.160. The summed E-state index contributed by atoms with van der Waals surface area (Å²) in [6, 6.07) is -0.519. The number of carbonyl (C=O) groups excluding carboxylic acids is 3. The van der Waals surface area contributed by atoms with E-state index in [0.717, 1.165) is 22.6 Å². The van der Waals surface area contributed by atoms with Gasteiger partial charge in [0, 0.05) is 13.1 Å². The van der Waals surface area contributed by atoms with Gasteiger partial charge in [-0.1, -0.05) is 33.3 Å². The van der Waals surface area contributed by atoms with Crippen LogP contribution < -0.4 is 0 Å². The summed E-state index contributed by atoms with van der Waals surface area (Å²) < 4.78 is 0. The van der Waals surface area contributed by atoms with Crippen molar-refractivity contribution in [2.75, 3.05) is 13.1 Å². The van der Waals surface area contributed by atoms with Crippen LogP contribution in [-0.2, 0) is 9.59 Å². The molecule has 1 heterocycles. The maximum atomic E-state index is 11.8. The Morgan fingerprint density at radius 1 is 1.17 bits per heavy atom. The molecule has 4 amide bonds. The maximum Gasteiger partial charge on any atom is 0.333 e. The van der Waals surface area contributed by atoms with Gasteiger partial charge in [0.15, 0.2) is 0 Å². The molecule has 1 aliphatic rings. The molecule has 5 heteroatoms. The van der Waals surface area contributed by atoms with Gasteiger partial charge in [-0.3, -0.25) is 19.4 Å². The molecule has 1 saturated heterocycles. The third-order valence-electron chi connectivity index (χ3n) is 2.41. The summed E-state index contributed by atoms with van der Waals surface area (Å²) in [5.41, 5.74) is 0. The molecule has 0 N–H and O–H groups in total. The summed E-state index contributed by atoms with van der Waals surface area (Å²) in [7, 11) is 0. The van der Waals surface area contributed by atoms with E-state index in [0.29, 0.717) is 6.54 Å². The zero-order valence-electron chi connectivity index (χ0n) is 11.4. The minimum atomic E-state index is -0.519. The van der Waals surface area contributed by atoms with E-state index in [9.17, 15) is 14.4 Å². The standard InChI is InChI=1S/C11H16N2O3.C2H6/c1-3-5-7-13-10(15)8-9(14)12(6-4-2)11(13)16;1-2/h4H,2-3,5-8H2,1H3;1-2H3. The molecule has 0 radical (unpaired) electrons. The van der Waals surface area contributed by atoms with Crippen LogP contribution in [0.5, 0.6) is 0 Å². The second-order valence-corrected chi connectivity index (χ2v) is 3.65. The van der Waals surface area contributed by atoms with Gasteiger partial charge >= 0.3 is 6.03 Å². The molecule has 18 heavy (non-hydrogen) atoms. The average molecular weight is 254 g/mol. The van der Waals surface area contributed by atoms with E-state index in [1.807, 2.05) is 20.8 Å². The van der Waals surface area contributed by atoms with E-state index in [1.54, 1.807) is 0 Å². The van der Waals surface area contributed by atoms with Crippen LogP contribution in [0.2, 0.25) is 0 Å². The van der Waals surface area contributed by atoms with Crippen molar-refractivity contribution < 1.29 is 14.4 Å². The van der Waals surface area contributed by atoms with Crippen LogP contribution >= 0.6 is 0 Å². The number of carbonyl (C=O) groups is 3. The van der Waals surface area contributed by atoms with Crippen molar-refractivity contribution >= 4 is 17.8 Å². The topological polar surface area (TPSA) is 57.7 Å². The van der Waals surface area contributed by atoms with Crippen LogP contribution in [0.3, 0.4) is 0 Å². The Morgan fingerprint density at radius 3 is 2.22 bits per heavy atom. The molecule has 0 aromatic carbocycles. The third-order valence-corrected chi connectivity index (χ3v) is 2.41. The van der Waals surface area contributed by atoms with E-state index in [1.165, 1.54) is 6.08 Å². The number of nitrogens with zero attached hydrogens (tertiary/aromatic N) is 2. The maximum absolute atomic E-state index is 11.8. The summed E-state index contributed by atoms with van der Waals surface area (Å²) in [6.07, 6.45) is 2.91. The Morgan fingerprint density at radius 2 is 1.72 bits per heavy atom. The van der Waals surface area contributed by atoms with Crippen LogP contribution in [0.25, 0.3) is 0 Å². The number of hydrogen-bond donors (Lipinski definition) is 0. The normalized spacial score (nSPS) is 15.4. The van der Waals surface area contributed by atoms with Crippen molar-refractivity contribution in [3.05, 3.63) is 12.7 Å². The van der Waals surface area contributed by atoms with Gasteiger partial charge in [0.05, 0.1) is 0 Å². The molecule has 5 nitrogen and oxygen atoms in total. The first-order chi connectivity index (χ1) is 8.61. The lowest BCUT2D eigenvalue weighted by Gasteiger charge is -2.31. The number of amides is 4. The SMILES string of the molecule is C=CCN1C(=O)CC(=O)N(CCCC)C1=O.CC. The number of urea groups is 1. The number of imide groups is 2. The number of barbiturate groups is 1. The molecule has 1 fully saturated rings. The molecule has 0 saturated carbocycles. The summed E-state index contributed by atoms with van der Waals surface area (Å²) >= 11 is 0. The zero-order chi connectivity index (χ0) is 14.1. The number of rotatable bonds is 5. The van der Waals surface area contributed by atoms with Gasteiger partial charge in [-0.2, -0.15) is 0 Å². The smallest absolute Gasteiger partial charge is 0.274 e. The lowest BCUT2D eigenvalue weighted by molar-refractivity contribution is -0.142. The highest BCUT2D eigenvalue weighted by molar-refractivity contribution is 6.14. The van der Waals surface area contributed by atoms with E-state index in [-0.39, 0.29) is 13.0 Å². The van der Waals surface area contributed by atoms with Gasteiger partial charge in [-0.15, -0.1) is 6.58 Å². The molecule has 1 aliphatic heterocycles. The summed E-state index contributed by atoms with van der Waals surface area (Å²) in [4.78, 5) is 36.9. The monoisotopic (exact) mass is 254 g/mol. The quantitative estimate of drug-likeness (QED) is 0.558. The van der Waals surface area contributed by atoms with Crippen molar-refractivity contribution in [1.82, 2.24) is 9.80 Å². The van der Waals surface area contributed by atoms with Crippen molar-refractivity contribution in [1.29, 1.82) is 0 Å². The molecule has 0 atom stereocenters. The van der Waals surface area contributed by atoms with Gasteiger partial charge in [-0.25, -0.2) is 4.79 Å². The van der Waals surface area contributed by atoms with E-state index in [4.69, 9.17) is 0 Å². The fourth-order valence-electron chi connectivity index (χ4n) is 1.52. The lowest BCUT2D eigenvalue weighted by atomic mass is 10.2. The average Bonchev–Trinajstić information content (AvgIpc) is 2.36. The first kappa shape index (κ1) is 16.4. The summed E-state index contributed by atoms with van der Waals surface area (Å²) in [6.45, 7) is 10.0. The van der Waals surface area contributed by atoms with Gasteiger partial charge < -0.3 is 0 Å². The predicted octanol–water partition coefficient (Wildman–Crippen LogP) is 2.18. The molecular weight excluding hydrogens is 232 g/mol. The highest BCUT2D eigenvalue weighted by atomic mass is 16.2. The molecule has 102 valence electrons. The van der Waals surface area contributed by atoms with Gasteiger partial charge in [0.2, 0.25) is 11.8 Å². The van der Waals surface area contributed by atoms with Crippen LogP contribution in [0.1, 0.15) is 40.0 Å². The zero-order valence-corrected chi connectivity index (χ0v) is 11.4. The first-order valence-electron chi connectivity index (χ1n) is 6.37. The molecule has 0 aromatic rings. The highest BCUT2D eigenvalue weighted by Crippen LogP contribution is 2.12. The molecule has 0 aromatic heterocycles. The minimum Gasteiger partial charge on any atom is -0.274 e. The van der Waals surface area contributed by atoms with Crippen LogP contribution in [0, 0.1) is 0 Å².